The summed E-state index contributed by atoms with van der Waals surface area (Å²) in [6.45, 7) is 9.17. The molecule has 0 fully saturated rings. The van der Waals surface area contributed by atoms with Crippen molar-refractivity contribution < 1.29 is 14.4 Å². The van der Waals surface area contributed by atoms with Gasteiger partial charge in [0.2, 0.25) is 17.7 Å². The highest BCUT2D eigenvalue weighted by Gasteiger charge is 2.25. The third-order valence-electron chi connectivity index (χ3n) is 2.77. The van der Waals surface area contributed by atoms with Crippen LogP contribution in [0.3, 0.4) is 0 Å². The number of amides is 3. The highest BCUT2D eigenvalue weighted by Crippen LogP contribution is 2.08. The molecule has 0 aromatic heterocycles. The van der Waals surface area contributed by atoms with Gasteiger partial charge in [-0.2, -0.15) is 0 Å². The quantitative estimate of drug-likeness (QED) is 0.607. The van der Waals surface area contributed by atoms with Crippen molar-refractivity contribution in [3.8, 4) is 0 Å². The molecule has 0 radical (unpaired) electrons. The first kappa shape index (κ1) is 18.4. The zero-order chi connectivity index (χ0) is 15.9. The number of hydrogen-bond acceptors (Lipinski definition) is 3. The van der Waals surface area contributed by atoms with Crippen LogP contribution in [0.1, 0.15) is 47.5 Å². The van der Waals surface area contributed by atoms with Gasteiger partial charge in [-0.15, -0.1) is 0 Å². The molecule has 0 heterocycles. The number of carbonyl (C=O) groups is 3. The van der Waals surface area contributed by atoms with Crippen LogP contribution in [0.25, 0.3) is 0 Å². The van der Waals surface area contributed by atoms with Gasteiger partial charge in [0.25, 0.3) is 0 Å². The number of primary amides is 1. The van der Waals surface area contributed by atoms with Gasteiger partial charge in [-0.05, 0) is 24.7 Å². The largest absolute Gasteiger partial charge is 0.368 e. The summed E-state index contributed by atoms with van der Waals surface area (Å²) in [6.07, 6.45) is 0.994. The topological polar surface area (TPSA) is 101 Å². The van der Waals surface area contributed by atoms with Crippen molar-refractivity contribution in [1.82, 2.24) is 10.6 Å². The lowest BCUT2D eigenvalue weighted by Gasteiger charge is -2.23. The first-order valence-corrected chi connectivity index (χ1v) is 7.00. The first-order valence-electron chi connectivity index (χ1n) is 7.00. The Morgan fingerprint density at radius 2 is 1.35 bits per heavy atom. The van der Waals surface area contributed by atoms with E-state index in [4.69, 9.17) is 5.73 Å². The molecular weight excluding hydrogens is 258 g/mol. The van der Waals surface area contributed by atoms with Gasteiger partial charge < -0.3 is 16.4 Å². The zero-order valence-corrected chi connectivity index (χ0v) is 13.0. The van der Waals surface area contributed by atoms with Crippen molar-refractivity contribution in [3.05, 3.63) is 0 Å². The molecule has 0 bridgehead atoms. The van der Waals surface area contributed by atoms with Crippen LogP contribution >= 0.6 is 0 Å². The molecule has 6 nitrogen and oxygen atoms in total. The van der Waals surface area contributed by atoms with Gasteiger partial charge in [-0.25, -0.2) is 0 Å². The van der Waals surface area contributed by atoms with Crippen molar-refractivity contribution in [2.75, 3.05) is 0 Å². The second-order valence-electron chi connectivity index (χ2n) is 5.98. The van der Waals surface area contributed by atoms with E-state index >= 15 is 0 Å². The van der Waals surface area contributed by atoms with Crippen LogP contribution in [0.2, 0.25) is 0 Å². The summed E-state index contributed by atoms with van der Waals surface area (Å²) >= 11 is 0. The molecule has 3 amide bonds. The Kier molecular flexibility index (Phi) is 7.87. The smallest absolute Gasteiger partial charge is 0.243 e. The molecule has 0 saturated carbocycles. The van der Waals surface area contributed by atoms with Gasteiger partial charge in [-0.1, -0.05) is 27.7 Å². The highest BCUT2D eigenvalue weighted by molar-refractivity contribution is 5.91. The molecule has 0 aliphatic carbocycles. The van der Waals surface area contributed by atoms with Gasteiger partial charge in [0.1, 0.15) is 12.1 Å². The lowest BCUT2D eigenvalue weighted by atomic mass is 10.0. The van der Waals surface area contributed by atoms with E-state index in [1.807, 2.05) is 27.7 Å². The predicted molar refractivity (Wildman–Crippen MR) is 77.6 cm³/mol. The average Bonchev–Trinajstić information content (AvgIpc) is 2.24. The molecule has 0 aromatic carbocycles. The van der Waals surface area contributed by atoms with E-state index in [0.29, 0.717) is 12.8 Å². The van der Waals surface area contributed by atoms with E-state index in [1.54, 1.807) is 0 Å². The first-order chi connectivity index (χ1) is 9.13. The summed E-state index contributed by atoms with van der Waals surface area (Å²) in [5.74, 6) is -0.714. The number of nitrogens with two attached hydrogens (primary N) is 1. The minimum atomic E-state index is -0.703. The van der Waals surface area contributed by atoms with Gasteiger partial charge in [0.15, 0.2) is 0 Å². The Labute approximate surface area is 120 Å². The van der Waals surface area contributed by atoms with Crippen molar-refractivity contribution in [2.45, 2.75) is 59.5 Å². The minimum Gasteiger partial charge on any atom is -0.368 e. The molecule has 0 saturated heterocycles. The van der Waals surface area contributed by atoms with Gasteiger partial charge in [-0.3, -0.25) is 14.4 Å². The van der Waals surface area contributed by atoms with Crippen molar-refractivity contribution in [1.29, 1.82) is 0 Å². The third-order valence-corrected chi connectivity index (χ3v) is 2.77. The summed E-state index contributed by atoms with van der Waals surface area (Å²) in [4.78, 5) is 34.7. The standard InChI is InChI=1S/C14H27N3O3/c1-8(2)6-11(13(15)19)17-14(20)12(7-9(3)4)16-10(5)18/h8-9,11-12H,6-7H2,1-5H3,(H2,15,19)(H,16,18)(H,17,20). The maximum absolute atomic E-state index is 12.2. The van der Waals surface area contributed by atoms with E-state index in [2.05, 4.69) is 10.6 Å². The van der Waals surface area contributed by atoms with Crippen LogP contribution in [0.4, 0.5) is 0 Å². The Morgan fingerprint density at radius 3 is 1.70 bits per heavy atom. The van der Waals surface area contributed by atoms with Crippen LogP contribution in [-0.4, -0.2) is 29.8 Å². The minimum absolute atomic E-state index is 0.233. The van der Waals surface area contributed by atoms with Crippen LogP contribution in [0.15, 0.2) is 0 Å². The monoisotopic (exact) mass is 285 g/mol. The molecule has 0 spiro atoms. The number of nitrogens with one attached hydrogen (secondary N) is 2. The van der Waals surface area contributed by atoms with Crippen LogP contribution < -0.4 is 16.4 Å². The van der Waals surface area contributed by atoms with E-state index < -0.39 is 18.0 Å². The molecule has 0 aliphatic heterocycles. The molecule has 2 unspecified atom stereocenters. The molecule has 116 valence electrons. The average molecular weight is 285 g/mol. The van der Waals surface area contributed by atoms with Gasteiger partial charge >= 0.3 is 0 Å². The predicted octanol–water partition coefficient (Wildman–Crippen LogP) is 0.553. The molecular formula is C14H27N3O3. The fourth-order valence-electron chi connectivity index (χ4n) is 1.94. The van der Waals surface area contributed by atoms with Crippen molar-refractivity contribution in [3.63, 3.8) is 0 Å². The van der Waals surface area contributed by atoms with Crippen LogP contribution in [0.5, 0.6) is 0 Å². The SMILES string of the molecule is CC(=O)NC(CC(C)C)C(=O)NC(CC(C)C)C(N)=O. The summed E-state index contributed by atoms with van der Waals surface area (Å²) in [6, 6.07) is -1.34. The third kappa shape index (κ3) is 7.76. The lowest BCUT2D eigenvalue weighted by Crippen LogP contribution is -2.53. The Morgan fingerprint density at radius 1 is 0.900 bits per heavy atom. The fraction of sp³-hybridized carbons (Fsp3) is 0.786. The maximum Gasteiger partial charge on any atom is 0.243 e. The number of rotatable bonds is 8. The molecule has 6 heteroatoms. The van der Waals surface area contributed by atoms with Crippen molar-refractivity contribution in [2.24, 2.45) is 17.6 Å². The molecule has 2 atom stereocenters. The Bertz CT molecular complexity index is 354. The van der Waals surface area contributed by atoms with Crippen LogP contribution in [-0.2, 0) is 14.4 Å². The second-order valence-corrected chi connectivity index (χ2v) is 5.98. The van der Waals surface area contributed by atoms with Gasteiger partial charge in [0.05, 0.1) is 0 Å². The molecule has 0 aromatic rings. The zero-order valence-electron chi connectivity index (χ0n) is 13.0. The van der Waals surface area contributed by atoms with E-state index in [9.17, 15) is 14.4 Å². The molecule has 0 rings (SSSR count). The lowest BCUT2D eigenvalue weighted by molar-refractivity contribution is -0.131. The molecule has 4 N–H and O–H groups in total. The van der Waals surface area contributed by atoms with E-state index in [0.717, 1.165) is 0 Å². The Hall–Kier alpha value is -1.59. The summed E-state index contributed by atoms with van der Waals surface area (Å²) < 4.78 is 0. The summed E-state index contributed by atoms with van der Waals surface area (Å²) in [7, 11) is 0. The number of carbonyl (C=O) groups excluding carboxylic acids is 3. The summed E-state index contributed by atoms with van der Waals surface area (Å²) in [5.41, 5.74) is 5.29. The fourth-order valence-corrected chi connectivity index (χ4v) is 1.94. The number of hydrogen-bond donors (Lipinski definition) is 3. The van der Waals surface area contributed by atoms with E-state index in [-0.39, 0.29) is 23.7 Å². The van der Waals surface area contributed by atoms with Crippen LogP contribution in [0, 0.1) is 11.8 Å². The Balaban J connectivity index is 4.77. The summed E-state index contributed by atoms with van der Waals surface area (Å²) in [5, 5.41) is 5.24. The molecule has 20 heavy (non-hydrogen) atoms. The normalized spacial score (nSPS) is 13.9. The van der Waals surface area contributed by atoms with Crippen molar-refractivity contribution >= 4 is 17.7 Å². The molecule has 0 aliphatic rings. The second kappa shape index (κ2) is 8.55. The maximum atomic E-state index is 12.2. The van der Waals surface area contributed by atoms with Gasteiger partial charge in [0, 0.05) is 6.92 Å². The highest BCUT2D eigenvalue weighted by atomic mass is 16.2. The van der Waals surface area contributed by atoms with E-state index in [1.165, 1.54) is 6.92 Å².